The summed E-state index contributed by atoms with van der Waals surface area (Å²) in [5.74, 6) is 1.49. The molecule has 0 aromatic carbocycles. The SMILES string of the molecule is CCn1nc(C)c(Br)c1CC(CCl)CCl. The number of hydrogen-bond donors (Lipinski definition) is 0. The molecule has 1 aromatic heterocycles. The van der Waals surface area contributed by atoms with E-state index in [0.717, 1.165) is 23.1 Å². The highest BCUT2D eigenvalue weighted by molar-refractivity contribution is 9.10. The van der Waals surface area contributed by atoms with Crippen molar-refractivity contribution in [1.29, 1.82) is 0 Å². The molecule has 0 N–H and O–H groups in total. The van der Waals surface area contributed by atoms with Gasteiger partial charge in [0.25, 0.3) is 0 Å². The van der Waals surface area contributed by atoms with Gasteiger partial charge in [0.1, 0.15) is 0 Å². The number of aryl methyl sites for hydroxylation is 2. The first-order valence-electron chi connectivity index (χ1n) is 4.97. The predicted octanol–water partition coefficient (Wildman–Crippen LogP) is 3.61. The molecular weight excluding hydrogens is 299 g/mol. The van der Waals surface area contributed by atoms with Gasteiger partial charge >= 0.3 is 0 Å². The zero-order valence-electron chi connectivity index (χ0n) is 8.93. The van der Waals surface area contributed by atoms with Crippen LogP contribution >= 0.6 is 39.1 Å². The minimum Gasteiger partial charge on any atom is -0.268 e. The summed E-state index contributed by atoms with van der Waals surface area (Å²) in [7, 11) is 0. The molecule has 0 aliphatic heterocycles. The molecule has 0 unspecified atom stereocenters. The van der Waals surface area contributed by atoms with E-state index in [1.807, 2.05) is 11.6 Å². The van der Waals surface area contributed by atoms with Crippen molar-refractivity contribution in [3.05, 3.63) is 15.9 Å². The first-order valence-corrected chi connectivity index (χ1v) is 6.83. The molecule has 0 aliphatic rings. The van der Waals surface area contributed by atoms with E-state index in [0.29, 0.717) is 17.7 Å². The van der Waals surface area contributed by atoms with E-state index in [-0.39, 0.29) is 0 Å². The van der Waals surface area contributed by atoms with Crippen LogP contribution < -0.4 is 0 Å². The van der Waals surface area contributed by atoms with Crippen LogP contribution in [0, 0.1) is 12.8 Å². The average Bonchev–Trinajstić information content (AvgIpc) is 2.52. The number of hydrogen-bond acceptors (Lipinski definition) is 1. The monoisotopic (exact) mass is 312 g/mol. The summed E-state index contributed by atoms with van der Waals surface area (Å²) in [4.78, 5) is 0. The lowest BCUT2D eigenvalue weighted by atomic mass is 10.1. The fourth-order valence-corrected chi connectivity index (χ4v) is 2.48. The molecule has 15 heavy (non-hydrogen) atoms. The van der Waals surface area contributed by atoms with Gasteiger partial charge in [-0.2, -0.15) is 5.10 Å². The van der Waals surface area contributed by atoms with Gasteiger partial charge in [-0.3, -0.25) is 4.68 Å². The topological polar surface area (TPSA) is 17.8 Å². The molecule has 0 saturated heterocycles. The van der Waals surface area contributed by atoms with Crippen molar-refractivity contribution in [3.63, 3.8) is 0 Å². The summed E-state index contributed by atoms with van der Waals surface area (Å²) in [6, 6.07) is 0. The minimum atomic E-state index is 0.311. The number of alkyl halides is 2. The van der Waals surface area contributed by atoms with Crippen LogP contribution in [0.5, 0.6) is 0 Å². The van der Waals surface area contributed by atoms with Crippen LogP contribution in [0.4, 0.5) is 0 Å². The Bertz CT molecular complexity index is 321. The molecule has 0 fully saturated rings. The first kappa shape index (κ1) is 13.3. The van der Waals surface area contributed by atoms with Crippen LogP contribution in [0.1, 0.15) is 18.3 Å². The number of rotatable bonds is 5. The van der Waals surface area contributed by atoms with Gasteiger partial charge in [-0.1, -0.05) is 0 Å². The highest BCUT2D eigenvalue weighted by Gasteiger charge is 2.16. The zero-order chi connectivity index (χ0) is 11.4. The molecule has 1 aromatic rings. The highest BCUT2D eigenvalue weighted by Crippen LogP contribution is 2.24. The van der Waals surface area contributed by atoms with E-state index in [4.69, 9.17) is 23.2 Å². The third-order valence-electron chi connectivity index (χ3n) is 2.37. The second-order valence-electron chi connectivity index (χ2n) is 3.54. The van der Waals surface area contributed by atoms with Gasteiger partial charge in [-0.15, -0.1) is 23.2 Å². The van der Waals surface area contributed by atoms with Gasteiger partial charge in [-0.05, 0) is 42.1 Å². The molecule has 0 radical (unpaired) electrons. The van der Waals surface area contributed by atoms with Gasteiger partial charge in [-0.25, -0.2) is 0 Å². The zero-order valence-corrected chi connectivity index (χ0v) is 12.0. The van der Waals surface area contributed by atoms with Crippen molar-refractivity contribution in [3.8, 4) is 0 Å². The second kappa shape index (κ2) is 6.12. The Labute approximate surface area is 109 Å². The van der Waals surface area contributed by atoms with Crippen molar-refractivity contribution in [2.75, 3.05) is 11.8 Å². The molecule has 1 rings (SSSR count). The Kier molecular flexibility index (Phi) is 5.44. The van der Waals surface area contributed by atoms with Crippen LogP contribution in [-0.4, -0.2) is 21.5 Å². The molecule has 0 atom stereocenters. The van der Waals surface area contributed by atoms with Crippen molar-refractivity contribution in [2.24, 2.45) is 5.92 Å². The third kappa shape index (κ3) is 3.11. The van der Waals surface area contributed by atoms with Crippen LogP contribution in [-0.2, 0) is 13.0 Å². The summed E-state index contributed by atoms with van der Waals surface area (Å²) in [5, 5.41) is 4.43. The van der Waals surface area contributed by atoms with Crippen molar-refractivity contribution < 1.29 is 0 Å². The normalized spacial score (nSPS) is 11.3. The quantitative estimate of drug-likeness (QED) is 0.759. The second-order valence-corrected chi connectivity index (χ2v) is 4.95. The smallest absolute Gasteiger partial charge is 0.0738 e. The van der Waals surface area contributed by atoms with E-state index in [1.165, 1.54) is 5.69 Å². The summed E-state index contributed by atoms with van der Waals surface area (Å²) in [6.45, 7) is 4.95. The van der Waals surface area contributed by atoms with Crippen molar-refractivity contribution in [2.45, 2.75) is 26.8 Å². The lowest BCUT2D eigenvalue weighted by molar-refractivity contribution is 0.566. The van der Waals surface area contributed by atoms with Crippen molar-refractivity contribution >= 4 is 39.1 Å². The fourth-order valence-electron chi connectivity index (χ4n) is 1.49. The maximum atomic E-state index is 5.84. The van der Waals surface area contributed by atoms with Crippen LogP contribution in [0.25, 0.3) is 0 Å². The minimum absolute atomic E-state index is 0.311. The lowest BCUT2D eigenvalue weighted by Gasteiger charge is -2.11. The number of nitrogens with zero attached hydrogens (tertiary/aromatic N) is 2. The third-order valence-corrected chi connectivity index (χ3v) is 4.28. The van der Waals surface area contributed by atoms with Crippen LogP contribution in [0.15, 0.2) is 4.47 Å². The number of halogens is 3. The van der Waals surface area contributed by atoms with Crippen LogP contribution in [0.3, 0.4) is 0 Å². The molecular formula is C10H15BrCl2N2. The molecule has 0 bridgehead atoms. The van der Waals surface area contributed by atoms with Gasteiger partial charge in [0.05, 0.1) is 15.9 Å². The van der Waals surface area contributed by atoms with Gasteiger partial charge in [0.15, 0.2) is 0 Å². The average molecular weight is 314 g/mol. The first-order chi connectivity index (χ1) is 7.13. The van der Waals surface area contributed by atoms with E-state index >= 15 is 0 Å². The van der Waals surface area contributed by atoms with E-state index in [2.05, 4.69) is 28.0 Å². The molecule has 0 aliphatic carbocycles. The summed E-state index contributed by atoms with van der Waals surface area (Å²) >= 11 is 15.2. The molecule has 0 saturated carbocycles. The van der Waals surface area contributed by atoms with E-state index in [1.54, 1.807) is 0 Å². The van der Waals surface area contributed by atoms with E-state index < -0.39 is 0 Å². The highest BCUT2D eigenvalue weighted by atomic mass is 79.9. The largest absolute Gasteiger partial charge is 0.268 e. The molecule has 0 amide bonds. The Morgan fingerprint density at radius 3 is 2.47 bits per heavy atom. The summed E-state index contributed by atoms with van der Waals surface area (Å²) < 4.78 is 3.09. The molecule has 0 spiro atoms. The maximum Gasteiger partial charge on any atom is 0.0738 e. The fraction of sp³-hybridized carbons (Fsp3) is 0.700. The number of aromatic nitrogens is 2. The summed E-state index contributed by atoms with van der Waals surface area (Å²) in [6.07, 6.45) is 0.877. The van der Waals surface area contributed by atoms with Crippen molar-refractivity contribution in [1.82, 2.24) is 9.78 Å². The molecule has 86 valence electrons. The van der Waals surface area contributed by atoms with E-state index in [9.17, 15) is 0 Å². The maximum absolute atomic E-state index is 5.84. The summed E-state index contributed by atoms with van der Waals surface area (Å²) in [5.41, 5.74) is 2.22. The van der Waals surface area contributed by atoms with Gasteiger partial charge in [0.2, 0.25) is 0 Å². The Hall–Kier alpha value is 0.270. The van der Waals surface area contributed by atoms with Crippen LogP contribution in [0.2, 0.25) is 0 Å². The standard InChI is InChI=1S/C10H15BrCl2N2/c1-3-15-9(4-8(5-12)6-13)10(11)7(2)14-15/h8H,3-6H2,1-2H3. The molecule has 5 heteroatoms. The molecule has 2 nitrogen and oxygen atoms in total. The Morgan fingerprint density at radius 2 is 2.00 bits per heavy atom. The van der Waals surface area contributed by atoms with Gasteiger partial charge in [0, 0.05) is 18.3 Å². The predicted molar refractivity (Wildman–Crippen MR) is 69.0 cm³/mol. The van der Waals surface area contributed by atoms with Gasteiger partial charge < -0.3 is 0 Å². The molecule has 1 heterocycles. The Balaban J connectivity index is 2.91. The Morgan fingerprint density at radius 1 is 1.40 bits per heavy atom. The lowest BCUT2D eigenvalue weighted by Crippen LogP contribution is -2.12.